The van der Waals surface area contributed by atoms with E-state index in [4.69, 9.17) is 51.7 Å². The number of rotatable bonds is 2. The van der Waals surface area contributed by atoms with Gasteiger partial charge in [-0.25, -0.2) is 0 Å². The van der Waals surface area contributed by atoms with Gasteiger partial charge in [-0.15, -0.1) is 0 Å². The second-order valence-electron chi connectivity index (χ2n) is 3.77. The first-order valence-corrected chi connectivity index (χ1v) is 6.89. The maximum atomic E-state index is 9.24. The molecule has 1 heterocycles. The van der Waals surface area contributed by atoms with E-state index in [1.165, 1.54) is 12.4 Å². The molecule has 0 fully saturated rings. The highest BCUT2D eigenvalue weighted by atomic mass is 35.5. The third-order valence-electron chi connectivity index (χ3n) is 2.58. The van der Waals surface area contributed by atoms with Crippen molar-refractivity contribution in [3.05, 3.63) is 49.7 Å². The molecule has 0 bridgehead atoms. The Morgan fingerprint density at radius 1 is 0.952 bits per heavy atom. The molecule has 104 valence electrons. The van der Waals surface area contributed by atoms with Gasteiger partial charge in [-0.2, -0.15) is 10.5 Å². The normalized spacial score (nSPS) is 9.81. The number of hydrogen-bond donors (Lipinski definition) is 1. The highest BCUT2D eigenvalue weighted by molar-refractivity contribution is 6.46. The zero-order chi connectivity index (χ0) is 15.6. The Hall–Kier alpha value is -1.69. The van der Waals surface area contributed by atoms with Gasteiger partial charge in [-0.3, -0.25) is 4.98 Å². The second kappa shape index (κ2) is 6.39. The van der Waals surface area contributed by atoms with Crippen molar-refractivity contribution in [2.45, 2.75) is 0 Å². The Balaban J connectivity index is 2.70. The van der Waals surface area contributed by atoms with Crippen molar-refractivity contribution in [2.24, 2.45) is 0 Å². The van der Waals surface area contributed by atoms with Crippen LogP contribution in [0, 0.1) is 22.7 Å². The van der Waals surface area contributed by atoms with Gasteiger partial charge in [0.05, 0.1) is 42.6 Å². The van der Waals surface area contributed by atoms with Gasteiger partial charge in [0.15, 0.2) is 0 Å². The predicted molar refractivity (Wildman–Crippen MR) is 83.4 cm³/mol. The third kappa shape index (κ3) is 2.85. The third-order valence-corrected chi connectivity index (χ3v) is 4.11. The lowest BCUT2D eigenvalue weighted by atomic mass is 10.1. The van der Waals surface area contributed by atoms with Crippen LogP contribution in [0.2, 0.25) is 20.1 Å². The van der Waals surface area contributed by atoms with Crippen LogP contribution in [-0.4, -0.2) is 4.98 Å². The van der Waals surface area contributed by atoms with Crippen LogP contribution in [0.5, 0.6) is 0 Å². The number of pyridine rings is 1. The van der Waals surface area contributed by atoms with Crippen LogP contribution in [0.4, 0.5) is 11.4 Å². The summed E-state index contributed by atoms with van der Waals surface area (Å²) >= 11 is 24.1. The van der Waals surface area contributed by atoms with Crippen LogP contribution in [0.15, 0.2) is 18.5 Å². The van der Waals surface area contributed by atoms with Crippen LogP contribution in [-0.2, 0) is 0 Å². The maximum absolute atomic E-state index is 9.24. The Morgan fingerprint density at radius 3 is 2.14 bits per heavy atom. The number of halogens is 4. The molecule has 8 heteroatoms. The van der Waals surface area contributed by atoms with Crippen LogP contribution in [0.25, 0.3) is 0 Å². The average molecular weight is 358 g/mol. The molecular weight excluding hydrogens is 354 g/mol. The standard InChI is InChI=1S/C13H4Cl4N4/c14-8-5-20-2-1-9(8)21-13-7(4-19)11(16)10(15)6(3-18)12(13)17/h1-2,5H,(H,20,21). The fourth-order valence-electron chi connectivity index (χ4n) is 1.59. The molecular formula is C13H4Cl4N4. The van der Waals surface area contributed by atoms with E-state index in [0.717, 1.165) is 0 Å². The van der Waals surface area contributed by atoms with Crippen molar-refractivity contribution in [1.82, 2.24) is 4.98 Å². The number of nitrogens with one attached hydrogen (secondary N) is 1. The summed E-state index contributed by atoms with van der Waals surface area (Å²) in [6, 6.07) is 5.35. The lowest BCUT2D eigenvalue weighted by molar-refractivity contribution is 1.32. The Labute approximate surface area is 140 Å². The summed E-state index contributed by atoms with van der Waals surface area (Å²) in [6.45, 7) is 0. The van der Waals surface area contributed by atoms with Crippen molar-refractivity contribution in [3.63, 3.8) is 0 Å². The van der Waals surface area contributed by atoms with Crippen LogP contribution in [0.1, 0.15) is 11.1 Å². The summed E-state index contributed by atoms with van der Waals surface area (Å²) in [5.41, 5.74) is 0.638. The van der Waals surface area contributed by atoms with E-state index in [1.807, 2.05) is 12.1 Å². The van der Waals surface area contributed by atoms with E-state index >= 15 is 0 Å². The van der Waals surface area contributed by atoms with Gasteiger partial charge in [-0.05, 0) is 6.07 Å². The number of benzene rings is 1. The highest BCUT2D eigenvalue weighted by Crippen LogP contribution is 2.42. The molecule has 0 spiro atoms. The summed E-state index contributed by atoms with van der Waals surface area (Å²) in [7, 11) is 0. The predicted octanol–water partition coefficient (Wildman–Crippen LogP) is 5.18. The fourth-order valence-corrected chi connectivity index (χ4v) is 2.55. The summed E-state index contributed by atoms with van der Waals surface area (Å²) in [4.78, 5) is 3.85. The SMILES string of the molecule is N#Cc1c(Cl)c(Cl)c(C#N)c(Nc2ccncc2Cl)c1Cl. The van der Waals surface area contributed by atoms with E-state index in [0.29, 0.717) is 10.7 Å². The average Bonchev–Trinajstić information content (AvgIpc) is 2.48. The Bertz CT molecular complexity index is 805. The van der Waals surface area contributed by atoms with E-state index < -0.39 is 0 Å². The van der Waals surface area contributed by atoms with E-state index in [1.54, 1.807) is 6.07 Å². The molecule has 0 aliphatic heterocycles. The van der Waals surface area contributed by atoms with Gasteiger partial charge in [0.25, 0.3) is 0 Å². The van der Waals surface area contributed by atoms with E-state index in [2.05, 4.69) is 10.3 Å². The molecule has 0 radical (unpaired) electrons. The van der Waals surface area contributed by atoms with Crippen molar-refractivity contribution in [1.29, 1.82) is 10.5 Å². The molecule has 2 rings (SSSR count). The minimum atomic E-state index is -0.0629. The molecule has 0 aliphatic rings. The van der Waals surface area contributed by atoms with Crippen molar-refractivity contribution in [2.75, 3.05) is 5.32 Å². The van der Waals surface area contributed by atoms with Crippen molar-refractivity contribution >= 4 is 57.8 Å². The van der Waals surface area contributed by atoms with Gasteiger partial charge >= 0.3 is 0 Å². The van der Waals surface area contributed by atoms with Crippen molar-refractivity contribution in [3.8, 4) is 12.1 Å². The maximum Gasteiger partial charge on any atom is 0.103 e. The smallest absolute Gasteiger partial charge is 0.103 e. The molecule has 21 heavy (non-hydrogen) atoms. The minimum absolute atomic E-state index is 0.00340. The van der Waals surface area contributed by atoms with Crippen molar-refractivity contribution < 1.29 is 0 Å². The molecule has 2 aromatic rings. The topological polar surface area (TPSA) is 72.5 Å². The van der Waals surface area contributed by atoms with Crippen LogP contribution in [0.3, 0.4) is 0 Å². The highest BCUT2D eigenvalue weighted by Gasteiger charge is 2.22. The van der Waals surface area contributed by atoms with E-state index in [-0.39, 0.29) is 31.9 Å². The lowest BCUT2D eigenvalue weighted by Crippen LogP contribution is -1.99. The number of aromatic nitrogens is 1. The monoisotopic (exact) mass is 356 g/mol. The molecule has 0 atom stereocenters. The molecule has 0 saturated heterocycles. The van der Waals surface area contributed by atoms with E-state index in [9.17, 15) is 5.26 Å². The first-order valence-electron chi connectivity index (χ1n) is 5.38. The molecule has 1 aromatic carbocycles. The number of hydrogen-bond acceptors (Lipinski definition) is 4. The number of nitrogens with zero attached hydrogens (tertiary/aromatic N) is 3. The summed E-state index contributed by atoms with van der Waals surface area (Å²) < 4.78 is 0. The van der Waals surface area contributed by atoms with Gasteiger partial charge in [-0.1, -0.05) is 46.4 Å². The number of anilines is 2. The zero-order valence-electron chi connectivity index (χ0n) is 10.1. The molecule has 0 saturated carbocycles. The molecule has 1 aromatic heterocycles. The summed E-state index contributed by atoms with van der Waals surface area (Å²) in [5, 5.41) is 21.4. The zero-order valence-corrected chi connectivity index (χ0v) is 13.1. The van der Waals surface area contributed by atoms with Crippen LogP contribution >= 0.6 is 46.4 Å². The second-order valence-corrected chi connectivity index (χ2v) is 5.31. The Kier molecular flexibility index (Phi) is 4.77. The number of nitriles is 2. The molecule has 1 N–H and O–H groups in total. The van der Waals surface area contributed by atoms with Crippen LogP contribution < -0.4 is 5.32 Å². The first kappa shape index (κ1) is 15.7. The summed E-state index contributed by atoms with van der Waals surface area (Å²) in [5.74, 6) is 0. The quantitative estimate of drug-likeness (QED) is 0.751. The first-order chi connectivity index (χ1) is 10.0. The van der Waals surface area contributed by atoms with Gasteiger partial charge in [0.1, 0.15) is 12.1 Å². The largest absolute Gasteiger partial charge is 0.352 e. The lowest BCUT2D eigenvalue weighted by Gasteiger charge is -2.14. The minimum Gasteiger partial charge on any atom is -0.352 e. The Morgan fingerprint density at radius 2 is 1.57 bits per heavy atom. The molecule has 0 unspecified atom stereocenters. The van der Waals surface area contributed by atoms with Gasteiger partial charge in [0, 0.05) is 12.4 Å². The van der Waals surface area contributed by atoms with Gasteiger partial charge in [0.2, 0.25) is 0 Å². The molecule has 4 nitrogen and oxygen atoms in total. The molecule has 0 aliphatic carbocycles. The summed E-state index contributed by atoms with van der Waals surface area (Å²) in [6.07, 6.45) is 2.93. The van der Waals surface area contributed by atoms with Gasteiger partial charge < -0.3 is 5.32 Å². The molecule has 0 amide bonds. The fraction of sp³-hybridized carbons (Fsp3) is 0.